The maximum atomic E-state index is 15.2. The lowest BCUT2D eigenvalue weighted by Crippen LogP contribution is -2.25. The van der Waals surface area contributed by atoms with Gasteiger partial charge in [-0.3, -0.25) is 0 Å². The first-order valence-electron chi connectivity index (χ1n) is 14.5. The Kier molecular flexibility index (Phi) is 9.72. The molecule has 0 heterocycles. The molecule has 0 radical (unpaired) electrons. The van der Waals surface area contributed by atoms with Gasteiger partial charge in [-0.1, -0.05) is 55.5 Å². The maximum absolute atomic E-state index is 15.2. The minimum Gasteiger partial charge on any atom is -0.429 e. The van der Waals surface area contributed by atoms with E-state index in [1.165, 1.54) is 42.7 Å². The summed E-state index contributed by atoms with van der Waals surface area (Å²) in [6.07, 6.45) is 5.87. The van der Waals surface area contributed by atoms with Crippen LogP contribution in [0.25, 0.3) is 22.3 Å². The number of ether oxygens (including phenoxy) is 1. The molecule has 4 aromatic carbocycles. The summed E-state index contributed by atoms with van der Waals surface area (Å²) in [5.41, 5.74) is 1.07. The molecule has 0 aliphatic heterocycles. The monoisotopic (exact) mass is 619 g/mol. The van der Waals surface area contributed by atoms with Crippen molar-refractivity contribution in [2.45, 2.75) is 51.1 Å². The molecule has 226 valence electrons. The zero-order chi connectivity index (χ0) is 31.3. The van der Waals surface area contributed by atoms with Gasteiger partial charge in [0, 0.05) is 5.56 Å². The summed E-state index contributed by atoms with van der Waals surface area (Å²) in [6, 6.07) is 18.7. The first-order chi connectivity index (χ1) is 21.2. The van der Waals surface area contributed by atoms with Gasteiger partial charge in [-0.2, -0.15) is 13.8 Å². The summed E-state index contributed by atoms with van der Waals surface area (Å²) in [4.78, 5) is 3.70. The van der Waals surface area contributed by atoms with E-state index in [2.05, 4.69) is 58.3 Å². The predicted octanol–water partition coefficient (Wildman–Crippen LogP) is 11.5. The average Bonchev–Trinajstić information content (AvgIpc) is 3.01. The Balaban J connectivity index is 1.31. The Morgan fingerprint density at radius 2 is 1.43 bits per heavy atom. The van der Waals surface area contributed by atoms with Crippen molar-refractivity contribution in [2.24, 2.45) is 10.9 Å². The van der Waals surface area contributed by atoms with Crippen molar-refractivity contribution in [1.82, 2.24) is 0 Å². The second-order valence-electron chi connectivity index (χ2n) is 10.9. The van der Waals surface area contributed by atoms with Crippen LogP contribution >= 0.6 is 12.2 Å². The van der Waals surface area contributed by atoms with Crippen LogP contribution in [0.1, 0.15) is 56.1 Å². The summed E-state index contributed by atoms with van der Waals surface area (Å²) in [5.74, 6) is -3.07. The number of hydrogen-bond acceptors (Lipinski definition) is 3. The van der Waals surface area contributed by atoms with Gasteiger partial charge in [0.05, 0.1) is 10.8 Å². The highest BCUT2D eigenvalue weighted by atomic mass is 32.1. The highest BCUT2D eigenvalue weighted by molar-refractivity contribution is 7.78. The van der Waals surface area contributed by atoms with Crippen LogP contribution in [0.4, 0.5) is 27.6 Å². The fourth-order valence-electron chi connectivity index (χ4n) is 5.70. The number of aliphatic imine (C=N–C) groups is 1. The summed E-state index contributed by atoms with van der Waals surface area (Å²) >= 11 is 4.49. The number of allylic oxidation sites excluding steroid dienone is 2. The van der Waals surface area contributed by atoms with Gasteiger partial charge in [0.15, 0.2) is 0 Å². The van der Waals surface area contributed by atoms with Gasteiger partial charge in [0.2, 0.25) is 0 Å². The minimum absolute atomic E-state index is 0.123. The van der Waals surface area contributed by atoms with Gasteiger partial charge in [-0.25, -0.2) is 13.2 Å². The van der Waals surface area contributed by atoms with E-state index in [0.717, 1.165) is 37.0 Å². The smallest absolute Gasteiger partial charge is 0.429 e. The zero-order valence-electron chi connectivity index (χ0n) is 24.0. The van der Waals surface area contributed by atoms with Crippen LogP contribution < -0.4 is 4.74 Å². The molecule has 1 fully saturated rings. The molecule has 0 aromatic heterocycles. The van der Waals surface area contributed by atoms with Crippen molar-refractivity contribution in [3.05, 3.63) is 120 Å². The lowest BCUT2D eigenvalue weighted by atomic mass is 9.78. The topological polar surface area (TPSA) is 21.6 Å². The van der Waals surface area contributed by atoms with Crippen LogP contribution in [-0.2, 0) is 6.11 Å². The number of halogens is 5. The SMILES string of the molecule is CCC=CC1CCC(c2ccc(-c3ccc(-c4cc(F)c(C(F)(F)Oc5ccc(N=C=S)cc5)c(F)c4)c(F)c3)cc2)CC1. The second kappa shape index (κ2) is 13.7. The van der Waals surface area contributed by atoms with Gasteiger partial charge in [0.1, 0.15) is 28.8 Å². The van der Waals surface area contributed by atoms with Crippen molar-refractivity contribution in [1.29, 1.82) is 0 Å². The minimum atomic E-state index is -4.35. The van der Waals surface area contributed by atoms with E-state index in [1.54, 1.807) is 6.07 Å². The summed E-state index contributed by atoms with van der Waals surface area (Å²) in [7, 11) is 0. The fraction of sp³-hybridized carbons (Fsp3) is 0.250. The maximum Gasteiger partial charge on any atom is 0.432 e. The third-order valence-corrected chi connectivity index (χ3v) is 8.09. The Morgan fingerprint density at radius 1 is 0.818 bits per heavy atom. The predicted molar refractivity (Wildman–Crippen MR) is 167 cm³/mol. The van der Waals surface area contributed by atoms with Crippen LogP contribution in [0, 0.1) is 23.4 Å². The van der Waals surface area contributed by atoms with Gasteiger partial charge in [-0.15, -0.1) is 0 Å². The van der Waals surface area contributed by atoms with Crippen LogP contribution in [0.2, 0.25) is 0 Å². The van der Waals surface area contributed by atoms with E-state index < -0.39 is 29.1 Å². The quantitative estimate of drug-likeness (QED) is 0.0805. The molecule has 1 aliphatic carbocycles. The van der Waals surface area contributed by atoms with Crippen LogP contribution in [0.5, 0.6) is 5.75 Å². The molecule has 5 rings (SSSR count). The Bertz CT molecular complexity index is 1660. The highest BCUT2D eigenvalue weighted by Gasteiger charge is 2.41. The largest absolute Gasteiger partial charge is 0.432 e. The lowest BCUT2D eigenvalue weighted by Gasteiger charge is -2.27. The number of nitrogens with zero attached hydrogens (tertiary/aromatic N) is 1. The molecular formula is C36H30F5NOS. The van der Waals surface area contributed by atoms with Gasteiger partial charge >= 0.3 is 6.11 Å². The first kappa shape index (κ1) is 31.3. The van der Waals surface area contributed by atoms with Crippen LogP contribution in [-0.4, -0.2) is 5.16 Å². The number of alkyl halides is 2. The standard InChI is InChI=1S/C36H30F5NOS/c1-2-3-4-23-5-7-24(8-6-23)25-9-11-26(12-10-25)27-13-18-31(32(37)19-27)28-20-33(38)35(34(39)21-28)36(40,41)43-30-16-14-29(15-17-30)42-22-44/h3-4,9-21,23-24H,2,5-8H2,1H3. The normalized spacial score (nSPS) is 17.0. The third-order valence-electron chi connectivity index (χ3n) is 8.00. The number of hydrogen-bond donors (Lipinski definition) is 0. The molecule has 0 saturated heterocycles. The van der Waals surface area contributed by atoms with Gasteiger partial charge in [-0.05, 0) is 121 Å². The molecule has 8 heteroatoms. The summed E-state index contributed by atoms with van der Waals surface area (Å²) in [5, 5.41) is 2.14. The molecule has 0 amide bonds. The molecule has 4 aromatic rings. The molecule has 1 saturated carbocycles. The van der Waals surface area contributed by atoms with Crippen molar-refractivity contribution in [3.63, 3.8) is 0 Å². The Hall–Kier alpha value is -4.13. The lowest BCUT2D eigenvalue weighted by molar-refractivity contribution is -0.189. The van der Waals surface area contributed by atoms with E-state index in [4.69, 9.17) is 0 Å². The number of thiocarbonyl (C=S) groups is 1. The molecule has 0 spiro atoms. The Morgan fingerprint density at radius 3 is 2.02 bits per heavy atom. The van der Waals surface area contributed by atoms with Gasteiger partial charge in [0.25, 0.3) is 0 Å². The molecule has 2 nitrogen and oxygen atoms in total. The van der Waals surface area contributed by atoms with Gasteiger partial charge < -0.3 is 4.74 Å². The van der Waals surface area contributed by atoms with Crippen molar-refractivity contribution in [2.75, 3.05) is 0 Å². The van der Waals surface area contributed by atoms with E-state index in [1.807, 2.05) is 12.1 Å². The first-order valence-corrected chi connectivity index (χ1v) is 14.9. The van der Waals surface area contributed by atoms with Crippen molar-refractivity contribution >= 4 is 23.1 Å². The van der Waals surface area contributed by atoms with Crippen molar-refractivity contribution in [3.8, 4) is 28.0 Å². The zero-order valence-corrected chi connectivity index (χ0v) is 24.8. The molecule has 0 unspecified atom stereocenters. The van der Waals surface area contributed by atoms with E-state index in [0.29, 0.717) is 35.2 Å². The Labute approximate surface area is 258 Å². The third kappa shape index (κ3) is 7.15. The van der Waals surface area contributed by atoms with Crippen LogP contribution in [0.15, 0.2) is 96.0 Å². The van der Waals surface area contributed by atoms with Crippen LogP contribution in [0.3, 0.4) is 0 Å². The molecular weight excluding hydrogens is 589 g/mol. The molecule has 0 N–H and O–H groups in total. The van der Waals surface area contributed by atoms with E-state index in [9.17, 15) is 17.6 Å². The fourth-order valence-corrected chi connectivity index (χ4v) is 5.80. The molecule has 1 aliphatic rings. The molecule has 0 bridgehead atoms. The summed E-state index contributed by atoms with van der Waals surface area (Å²) < 4.78 is 79.4. The van der Waals surface area contributed by atoms with Crippen molar-refractivity contribution < 1.29 is 26.7 Å². The average molecular weight is 620 g/mol. The van der Waals surface area contributed by atoms with E-state index in [-0.39, 0.29) is 16.9 Å². The highest BCUT2D eigenvalue weighted by Crippen LogP contribution is 2.39. The molecule has 44 heavy (non-hydrogen) atoms. The number of isothiocyanates is 1. The molecule has 0 atom stereocenters. The summed E-state index contributed by atoms with van der Waals surface area (Å²) in [6.45, 7) is 2.14. The second-order valence-corrected chi connectivity index (χ2v) is 11.1. The number of rotatable bonds is 9. The number of benzene rings is 4. The van der Waals surface area contributed by atoms with E-state index >= 15 is 4.39 Å².